The molecule has 0 radical (unpaired) electrons. The number of benzene rings is 1. The Morgan fingerprint density at radius 3 is 2.80 bits per heavy atom. The molecule has 2 rings (SSSR count). The van der Waals surface area contributed by atoms with Crippen LogP contribution in [0.25, 0.3) is 0 Å². The van der Waals surface area contributed by atoms with Crippen molar-refractivity contribution in [3.63, 3.8) is 0 Å². The lowest BCUT2D eigenvalue weighted by molar-refractivity contribution is 0.252. The average molecular weight is 295 g/mol. The van der Waals surface area contributed by atoms with Gasteiger partial charge in [-0.3, -0.25) is 0 Å². The Balaban J connectivity index is 2.19. The molecule has 1 heterocycles. The molecule has 1 aromatic heterocycles. The minimum Gasteiger partial charge on any atom is -0.370 e. The van der Waals surface area contributed by atoms with E-state index in [0.29, 0.717) is 22.3 Å². The number of pyridine rings is 1. The third-order valence-electron chi connectivity index (χ3n) is 2.50. The van der Waals surface area contributed by atoms with Gasteiger partial charge in [0.05, 0.1) is 5.69 Å². The first kappa shape index (κ1) is 14.6. The van der Waals surface area contributed by atoms with E-state index in [1.807, 2.05) is 19.1 Å². The number of rotatable bonds is 6. The SMILES string of the molecule is CCNc1cc(Nc2ccccc2SC(F)F)ccn1. The van der Waals surface area contributed by atoms with Gasteiger partial charge in [-0.2, -0.15) is 8.78 Å². The maximum Gasteiger partial charge on any atom is 0.288 e. The number of aromatic nitrogens is 1. The van der Waals surface area contributed by atoms with Gasteiger partial charge in [-0.1, -0.05) is 23.9 Å². The van der Waals surface area contributed by atoms with E-state index in [0.717, 1.165) is 18.1 Å². The third kappa shape index (κ3) is 4.09. The first-order valence-corrected chi connectivity index (χ1v) is 7.08. The number of hydrogen-bond donors (Lipinski definition) is 2. The zero-order valence-corrected chi connectivity index (χ0v) is 11.8. The van der Waals surface area contributed by atoms with Crippen LogP contribution in [0, 0.1) is 0 Å². The van der Waals surface area contributed by atoms with E-state index in [-0.39, 0.29) is 0 Å². The third-order valence-corrected chi connectivity index (χ3v) is 3.29. The Morgan fingerprint density at radius 1 is 1.25 bits per heavy atom. The first-order valence-electron chi connectivity index (χ1n) is 6.20. The molecule has 0 saturated heterocycles. The predicted octanol–water partition coefficient (Wildman–Crippen LogP) is 4.57. The number of alkyl halides is 2. The second kappa shape index (κ2) is 7.09. The van der Waals surface area contributed by atoms with Crippen LogP contribution in [0.5, 0.6) is 0 Å². The van der Waals surface area contributed by atoms with Gasteiger partial charge in [0.2, 0.25) is 0 Å². The summed E-state index contributed by atoms with van der Waals surface area (Å²) in [5.41, 5.74) is 1.46. The molecule has 0 atom stereocenters. The summed E-state index contributed by atoms with van der Waals surface area (Å²) in [5.74, 6) is -1.69. The fraction of sp³-hybridized carbons (Fsp3) is 0.214. The molecule has 0 spiro atoms. The van der Waals surface area contributed by atoms with Crippen molar-refractivity contribution in [2.75, 3.05) is 17.2 Å². The van der Waals surface area contributed by atoms with Gasteiger partial charge in [-0.15, -0.1) is 0 Å². The summed E-state index contributed by atoms with van der Waals surface area (Å²) in [6.07, 6.45) is 1.67. The average Bonchev–Trinajstić information content (AvgIpc) is 2.41. The Morgan fingerprint density at radius 2 is 2.05 bits per heavy atom. The van der Waals surface area contributed by atoms with Crippen LogP contribution in [-0.4, -0.2) is 17.3 Å². The molecule has 0 bridgehead atoms. The predicted molar refractivity (Wildman–Crippen MR) is 80.0 cm³/mol. The van der Waals surface area contributed by atoms with Crippen LogP contribution in [-0.2, 0) is 0 Å². The van der Waals surface area contributed by atoms with E-state index >= 15 is 0 Å². The minimum absolute atomic E-state index is 0.518. The molecule has 0 saturated carbocycles. The van der Waals surface area contributed by atoms with Crippen LogP contribution in [0.3, 0.4) is 0 Å². The second-order valence-corrected chi connectivity index (χ2v) is 4.99. The molecule has 0 unspecified atom stereocenters. The second-order valence-electron chi connectivity index (χ2n) is 3.96. The molecule has 0 aliphatic heterocycles. The maximum atomic E-state index is 12.5. The quantitative estimate of drug-likeness (QED) is 0.765. The fourth-order valence-corrected chi connectivity index (χ4v) is 2.31. The summed E-state index contributed by atoms with van der Waals surface area (Å²) < 4.78 is 25.0. The topological polar surface area (TPSA) is 37.0 Å². The first-order chi connectivity index (χ1) is 9.69. The summed E-state index contributed by atoms with van der Waals surface area (Å²) in [6, 6.07) is 10.6. The Kier molecular flexibility index (Phi) is 5.17. The van der Waals surface area contributed by atoms with E-state index < -0.39 is 5.76 Å². The van der Waals surface area contributed by atoms with E-state index in [9.17, 15) is 8.78 Å². The van der Waals surface area contributed by atoms with Gasteiger partial charge in [0.15, 0.2) is 0 Å². The number of anilines is 3. The molecule has 20 heavy (non-hydrogen) atoms. The highest BCUT2D eigenvalue weighted by atomic mass is 32.2. The van der Waals surface area contributed by atoms with Crippen molar-refractivity contribution in [3.05, 3.63) is 42.6 Å². The molecule has 0 aliphatic carbocycles. The molecular formula is C14H15F2N3S. The van der Waals surface area contributed by atoms with Crippen molar-refractivity contribution < 1.29 is 8.78 Å². The molecular weight excluding hydrogens is 280 g/mol. The molecule has 1 aromatic carbocycles. The zero-order valence-electron chi connectivity index (χ0n) is 10.9. The Bertz CT molecular complexity index is 564. The van der Waals surface area contributed by atoms with Crippen LogP contribution in [0.2, 0.25) is 0 Å². The van der Waals surface area contributed by atoms with E-state index in [2.05, 4.69) is 15.6 Å². The van der Waals surface area contributed by atoms with Gasteiger partial charge in [0.25, 0.3) is 5.76 Å². The maximum absolute atomic E-state index is 12.5. The Hall–Kier alpha value is -1.82. The van der Waals surface area contributed by atoms with E-state index in [4.69, 9.17) is 0 Å². The minimum atomic E-state index is -2.44. The lowest BCUT2D eigenvalue weighted by Crippen LogP contribution is -2.00. The van der Waals surface area contributed by atoms with Crippen LogP contribution in [0.15, 0.2) is 47.5 Å². The summed E-state index contributed by atoms with van der Waals surface area (Å²) in [5, 5.41) is 6.25. The molecule has 0 fully saturated rings. The summed E-state index contributed by atoms with van der Waals surface area (Å²) in [6.45, 7) is 2.75. The van der Waals surface area contributed by atoms with Crippen molar-refractivity contribution in [1.82, 2.24) is 4.98 Å². The van der Waals surface area contributed by atoms with E-state index in [1.54, 1.807) is 30.5 Å². The summed E-state index contributed by atoms with van der Waals surface area (Å²) in [7, 11) is 0. The summed E-state index contributed by atoms with van der Waals surface area (Å²) in [4.78, 5) is 4.68. The number of thioether (sulfide) groups is 1. The molecule has 2 aromatic rings. The van der Waals surface area contributed by atoms with Gasteiger partial charge in [0.1, 0.15) is 5.82 Å². The standard InChI is InChI=1S/C14H15F2N3S/c1-2-17-13-9-10(7-8-18-13)19-11-5-3-4-6-12(11)20-14(15)16/h3-9,14H,2H2,1H3,(H2,17,18,19). The highest BCUT2D eigenvalue weighted by molar-refractivity contribution is 7.99. The lowest BCUT2D eigenvalue weighted by atomic mass is 10.3. The number of nitrogens with zero attached hydrogens (tertiary/aromatic N) is 1. The normalized spacial score (nSPS) is 10.6. The number of halogens is 2. The van der Waals surface area contributed by atoms with Crippen molar-refractivity contribution >= 4 is 29.0 Å². The molecule has 0 amide bonds. The van der Waals surface area contributed by atoms with Gasteiger partial charge >= 0.3 is 0 Å². The van der Waals surface area contributed by atoms with Crippen molar-refractivity contribution in [1.29, 1.82) is 0 Å². The number of nitrogens with one attached hydrogen (secondary N) is 2. The van der Waals surface area contributed by atoms with Gasteiger partial charge in [0, 0.05) is 29.4 Å². The van der Waals surface area contributed by atoms with Crippen LogP contribution in [0.4, 0.5) is 26.0 Å². The van der Waals surface area contributed by atoms with Crippen LogP contribution < -0.4 is 10.6 Å². The van der Waals surface area contributed by atoms with Crippen molar-refractivity contribution in [2.45, 2.75) is 17.6 Å². The largest absolute Gasteiger partial charge is 0.370 e. The molecule has 0 aliphatic rings. The number of para-hydroxylation sites is 1. The van der Waals surface area contributed by atoms with Crippen molar-refractivity contribution in [3.8, 4) is 0 Å². The zero-order chi connectivity index (χ0) is 14.4. The fourth-order valence-electron chi connectivity index (χ4n) is 1.71. The van der Waals surface area contributed by atoms with Gasteiger partial charge < -0.3 is 10.6 Å². The highest BCUT2D eigenvalue weighted by Crippen LogP contribution is 2.33. The van der Waals surface area contributed by atoms with Gasteiger partial charge in [-0.25, -0.2) is 4.98 Å². The van der Waals surface area contributed by atoms with Crippen LogP contribution >= 0.6 is 11.8 Å². The van der Waals surface area contributed by atoms with Gasteiger partial charge in [-0.05, 0) is 25.1 Å². The monoisotopic (exact) mass is 295 g/mol. The number of hydrogen-bond acceptors (Lipinski definition) is 4. The molecule has 106 valence electrons. The van der Waals surface area contributed by atoms with Crippen LogP contribution in [0.1, 0.15) is 6.92 Å². The summed E-state index contributed by atoms with van der Waals surface area (Å²) >= 11 is 0.532. The molecule has 2 N–H and O–H groups in total. The molecule has 3 nitrogen and oxygen atoms in total. The van der Waals surface area contributed by atoms with E-state index in [1.165, 1.54) is 0 Å². The van der Waals surface area contributed by atoms with Crippen molar-refractivity contribution in [2.24, 2.45) is 0 Å². The smallest absolute Gasteiger partial charge is 0.288 e. The Labute approximate surface area is 120 Å². The lowest BCUT2D eigenvalue weighted by Gasteiger charge is -2.12. The highest BCUT2D eigenvalue weighted by Gasteiger charge is 2.09. The molecule has 6 heteroatoms.